The van der Waals surface area contributed by atoms with Crippen molar-refractivity contribution in [2.45, 2.75) is 38.3 Å². The summed E-state index contributed by atoms with van der Waals surface area (Å²) in [6.45, 7) is 2.87. The lowest BCUT2D eigenvalue weighted by atomic mass is 10.1. The summed E-state index contributed by atoms with van der Waals surface area (Å²) in [6.07, 6.45) is 7.23. The molecule has 1 aromatic heterocycles. The molecule has 1 atom stereocenters. The van der Waals surface area contributed by atoms with Gasteiger partial charge in [-0.1, -0.05) is 0 Å². The molecule has 16 heavy (non-hydrogen) atoms. The molecule has 2 heterocycles. The Balaban J connectivity index is 1.59. The Hall–Kier alpha value is -0.870. The van der Waals surface area contributed by atoms with E-state index in [4.69, 9.17) is 4.74 Å². The van der Waals surface area contributed by atoms with Gasteiger partial charge in [0.05, 0.1) is 11.8 Å². The molecule has 4 nitrogen and oxygen atoms in total. The molecule has 1 saturated heterocycles. The molecular weight excluding hydrogens is 202 g/mol. The first kappa shape index (κ1) is 11.6. The van der Waals surface area contributed by atoms with E-state index in [-0.39, 0.29) is 0 Å². The van der Waals surface area contributed by atoms with E-state index >= 15 is 0 Å². The predicted molar refractivity (Wildman–Crippen MR) is 63.1 cm³/mol. The molecule has 0 spiro atoms. The molecule has 0 aliphatic carbocycles. The minimum Gasteiger partial charge on any atom is -0.378 e. The van der Waals surface area contributed by atoms with Gasteiger partial charge >= 0.3 is 0 Å². The van der Waals surface area contributed by atoms with Crippen LogP contribution in [0, 0.1) is 0 Å². The minimum atomic E-state index is 0.479. The van der Waals surface area contributed by atoms with Gasteiger partial charge in [0.1, 0.15) is 0 Å². The molecule has 1 N–H and O–H groups in total. The Morgan fingerprint density at radius 2 is 2.50 bits per heavy atom. The van der Waals surface area contributed by atoms with Crippen molar-refractivity contribution in [2.75, 3.05) is 13.2 Å². The van der Waals surface area contributed by atoms with Crippen LogP contribution in [0.5, 0.6) is 0 Å². The number of ether oxygens (including phenoxy) is 1. The van der Waals surface area contributed by atoms with Crippen LogP contribution in [0.15, 0.2) is 12.3 Å². The number of hydrogen-bond donors (Lipinski definition) is 1. The van der Waals surface area contributed by atoms with Crippen molar-refractivity contribution in [1.29, 1.82) is 0 Å². The number of hydrogen-bond acceptors (Lipinski definition) is 3. The molecule has 0 radical (unpaired) electrons. The van der Waals surface area contributed by atoms with Gasteiger partial charge in [-0.3, -0.25) is 4.68 Å². The number of nitrogens with zero attached hydrogens (tertiary/aromatic N) is 2. The van der Waals surface area contributed by atoms with Crippen molar-refractivity contribution in [3.8, 4) is 0 Å². The molecule has 1 aliphatic rings. The Bertz CT molecular complexity index is 305. The Morgan fingerprint density at radius 3 is 3.19 bits per heavy atom. The van der Waals surface area contributed by atoms with Crippen molar-refractivity contribution in [3.05, 3.63) is 18.0 Å². The van der Waals surface area contributed by atoms with Crippen LogP contribution in [0.1, 0.15) is 31.4 Å². The van der Waals surface area contributed by atoms with E-state index in [2.05, 4.69) is 10.4 Å². The van der Waals surface area contributed by atoms with Crippen LogP contribution < -0.4 is 5.32 Å². The molecule has 1 fully saturated rings. The Labute approximate surface area is 97.0 Å². The third kappa shape index (κ3) is 3.32. The fourth-order valence-corrected chi connectivity index (χ4v) is 2.09. The smallest absolute Gasteiger partial charge is 0.0587 e. The molecule has 1 aromatic rings. The number of aryl methyl sites for hydroxylation is 1. The van der Waals surface area contributed by atoms with Crippen LogP contribution >= 0.6 is 0 Å². The standard InChI is InChI=1S/C12H21N3O/c1-15-11(5-8-14-15)10-13-7-6-12-4-2-3-9-16-12/h5,8,12-13H,2-4,6-7,9-10H2,1H3. The lowest BCUT2D eigenvalue weighted by Crippen LogP contribution is -2.25. The zero-order chi connectivity index (χ0) is 11.2. The van der Waals surface area contributed by atoms with Crippen molar-refractivity contribution in [3.63, 3.8) is 0 Å². The molecular formula is C12H21N3O. The van der Waals surface area contributed by atoms with Crippen LogP contribution in [0.4, 0.5) is 0 Å². The minimum absolute atomic E-state index is 0.479. The first-order valence-corrected chi connectivity index (χ1v) is 6.15. The third-order valence-electron chi connectivity index (χ3n) is 3.15. The van der Waals surface area contributed by atoms with Crippen LogP contribution in [-0.4, -0.2) is 29.0 Å². The fraction of sp³-hybridized carbons (Fsp3) is 0.750. The SMILES string of the molecule is Cn1nccc1CNCCC1CCCCO1. The Morgan fingerprint density at radius 1 is 1.56 bits per heavy atom. The monoisotopic (exact) mass is 223 g/mol. The van der Waals surface area contributed by atoms with Crippen LogP contribution in [0.2, 0.25) is 0 Å². The number of aromatic nitrogens is 2. The first-order valence-electron chi connectivity index (χ1n) is 6.15. The van der Waals surface area contributed by atoms with Crippen LogP contribution in [0.3, 0.4) is 0 Å². The van der Waals surface area contributed by atoms with Gasteiger partial charge in [0.2, 0.25) is 0 Å². The first-order chi connectivity index (χ1) is 7.86. The summed E-state index contributed by atoms with van der Waals surface area (Å²) in [5.41, 5.74) is 1.23. The summed E-state index contributed by atoms with van der Waals surface area (Å²) in [6, 6.07) is 2.05. The van der Waals surface area contributed by atoms with Gasteiger partial charge in [0.25, 0.3) is 0 Å². The van der Waals surface area contributed by atoms with Gasteiger partial charge in [0, 0.05) is 26.4 Å². The normalized spacial score (nSPS) is 21.2. The Kier molecular flexibility index (Phi) is 4.36. The summed E-state index contributed by atoms with van der Waals surface area (Å²) in [7, 11) is 1.97. The zero-order valence-corrected chi connectivity index (χ0v) is 9.98. The average Bonchev–Trinajstić information content (AvgIpc) is 2.72. The van der Waals surface area contributed by atoms with E-state index in [0.29, 0.717) is 6.10 Å². The highest BCUT2D eigenvalue weighted by molar-refractivity contribution is 4.98. The lowest BCUT2D eigenvalue weighted by Gasteiger charge is -2.22. The van der Waals surface area contributed by atoms with E-state index in [9.17, 15) is 0 Å². The van der Waals surface area contributed by atoms with E-state index < -0.39 is 0 Å². The highest BCUT2D eigenvalue weighted by Crippen LogP contribution is 2.14. The molecule has 0 bridgehead atoms. The molecule has 1 aliphatic heterocycles. The second kappa shape index (κ2) is 6.01. The maximum absolute atomic E-state index is 5.68. The summed E-state index contributed by atoms with van der Waals surface area (Å²) >= 11 is 0. The number of nitrogens with one attached hydrogen (secondary N) is 1. The molecule has 90 valence electrons. The van der Waals surface area contributed by atoms with Gasteiger partial charge in [-0.05, 0) is 38.3 Å². The quantitative estimate of drug-likeness (QED) is 0.768. The van der Waals surface area contributed by atoms with Gasteiger partial charge in [-0.2, -0.15) is 5.10 Å². The molecule has 0 saturated carbocycles. The van der Waals surface area contributed by atoms with E-state index in [0.717, 1.165) is 26.1 Å². The predicted octanol–water partition coefficient (Wildman–Crippen LogP) is 1.47. The van der Waals surface area contributed by atoms with Gasteiger partial charge < -0.3 is 10.1 Å². The molecule has 2 rings (SSSR count). The molecule has 0 amide bonds. The van der Waals surface area contributed by atoms with Crippen molar-refractivity contribution >= 4 is 0 Å². The molecule has 0 aromatic carbocycles. The maximum Gasteiger partial charge on any atom is 0.0587 e. The highest BCUT2D eigenvalue weighted by Gasteiger charge is 2.12. The van der Waals surface area contributed by atoms with E-state index in [1.54, 1.807) is 0 Å². The van der Waals surface area contributed by atoms with Crippen LogP contribution in [-0.2, 0) is 18.3 Å². The molecule has 1 unspecified atom stereocenters. The van der Waals surface area contributed by atoms with Gasteiger partial charge in [0.15, 0.2) is 0 Å². The highest BCUT2D eigenvalue weighted by atomic mass is 16.5. The topological polar surface area (TPSA) is 39.1 Å². The van der Waals surface area contributed by atoms with Crippen molar-refractivity contribution in [2.24, 2.45) is 7.05 Å². The second-order valence-electron chi connectivity index (χ2n) is 4.40. The number of rotatable bonds is 5. The van der Waals surface area contributed by atoms with E-state index in [1.165, 1.54) is 25.0 Å². The summed E-state index contributed by atoms with van der Waals surface area (Å²) < 4.78 is 7.59. The maximum atomic E-state index is 5.68. The lowest BCUT2D eigenvalue weighted by molar-refractivity contribution is 0.0115. The second-order valence-corrected chi connectivity index (χ2v) is 4.40. The summed E-state index contributed by atoms with van der Waals surface area (Å²) in [5.74, 6) is 0. The molecule has 4 heteroatoms. The van der Waals surface area contributed by atoms with Gasteiger partial charge in [-0.15, -0.1) is 0 Å². The summed E-state index contributed by atoms with van der Waals surface area (Å²) in [5, 5.41) is 7.57. The average molecular weight is 223 g/mol. The van der Waals surface area contributed by atoms with Crippen molar-refractivity contribution in [1.82, 2.24) is 15.1 Å². The largest absolute Gasteiger partial charge is 0.378 e. The van der Waals surface area contributed by atoms with Gasteiger partial charge in [-0.25, -0.2) is 0 Å². The fourth-order valence-electron chi connectivity index (χ4n) is 2.09. The summed E-state index contributed by atoms with van der Waals surface area (Å²) in [4.78, 5) is 0. The zero-order valence-electron chi connectivity index (χ0n) is 9.98. The van der Waals surface area contributed by atoms with Crippen LogP contribution in [0.25, 0.3) is 0 Å². The van der Waals surface area contributed by atoms with E-state index in [1.807, 2.05) is 24.0 Å². The van der Waals surface area contributed by atoms with Crippen molar-refractivity contribution < 1.29 is 4.74 Å². The third-order valence-corrected chi connectivity index (χ3v) is 3.15.